The van der Waals surface area contributed by atoms with Crippen LogP contribution in [0.1, 0.15) is 22.8 Å². The van der Waals surface area contributed by atoms with Gasteiger partial charge in [0.25, 0.3) is 0 Å². The monoisotopic (exact) mass is 260 g/mol. The van der Waals surface area contributed by atoms with Crippen LogP contribution in [-0.4, -0.2) is 21.8 Å². The van der Waals surface area contributed by atoms with Crippen molar-refractivity contribution in [2.75, 3.05) is 7.05 Å². The first-order valence-electron chi connectivity index (χ1n) is 6.34. The second kappa shape index (κ2) is 5.84. The Morgan fingerprint density at radius 3 is 2.68 bits per heavy atom. The first-order valence-corrected chi connectivity index (χ1v) is 6.34. The average Bonchev–Trinajstić information content (AvgIpc) is 2.70. The molecule has 0 atom stereocenters. The van der Waals surface area contributed by atoms with Crippen LogP contribution in [-0.2, 0) is 20.2 Å². The number of hydrogen-bond donors (Lipinski definition) is 1. The summed E-state index contributed by atoms with van der Waals surface area (Å²) in [6, 6.07) is 6.17. The number of rotatable bonds is 5. The Morgan fingerprint density at radius 1 is 1.26 bits per heavy atom. The fourth-order valence-corrected chi connectivity index (χ4v) is 1.96. The highest BCUT2D eigenvalue weighted by Crippen LogP contribution is 2.24. The minimum absolute atomic E-state index is 0.429. The lowest BCUT2D eigenvalue weighted by molar-refractivity contribution is 0.285. The van der Waals surface area contributed by atoms with E-state index in [1.807, 2.05) is 31.7 Å². The Kier molecular flexibility index (Phi) is 4.16. The number of benzene rings is 1. The lowest BCUT2D eigenvalue weighted by Crippen LogP contribution is -2.10. The highest BCUT2D eigenvalue weighted by molar-refractivity contribution is 5.40. The van der Waals surface area contributed by atoms with Gasteiger partial charge < -0.3 is 14.6 Å². The Hall–Kier alpha value is -1.88. The molecule has 0 aliphatic rings. The summed E-state index contributed by atoms with van der Waals surface area (Å²) in [4.78, 5) is 0. The molecule has 1 heterocycles. The van der Waals surface area contributed by atoms with Crippen molar-refractivity contribution in [3.05, 3.63) is 41.0 Å². The van der Waals surface area contributed by atoms with Gasteiger partial charge in [-0.25, -0.2) is 0 Å². The maximum absolute atomic E-state index is 5.94. The molecule has 0 bridgehead atoms. The summed E-state index contributed by atoms with van der Waals surface area (Å²) < 4.78 is 7.88. The molecule has 0 saturated heterocycles. The summed E-state index contributed by atoms with van der Waals surface area (Å²) in [5.41, 5.74) is 2.29. The van der Waals surface area contributed by atoms with Gasteiger partial charge in [-0.1, -0.05) is 18.2 Å². The van der Waals surface area contributed by atoms with Gasteiger partial charge in [-0.15, -0.1) is 10.2 Å². The summed E-state index contributed by atoms with van der Waals surface area (Å²) >= 11 is 0. The van der Waals surface area contributed by atoms with Crippen molar-refractivity contribution in [2.24, 2.45) is 7.05 Å². The number of nitrogens with zero attached hydrogens (tertiary/aromatic N) is 3. The highest BCUT2D eigenvalue weighted by Gasteiger charge is 2.10. The first kappa shape index (κ1) is 13.5. The molecule has 0 saturated carbocycles. The predicted octanol–water partition coefficient (Wildman–Crippen LogP) is 1.73. The first-order chi connectivity index (χ1) is 9.13. The normalized spacial score (nSPS) is 10.7. The fourth-order valence-electron chi connectivity index (χ4n) is 1.96. The molecule has 0 spiro atoms. The van der Waals surface area contributed by atoms with Gasteiger partial charge in [0.1, 0.15) is 18.2 Å². The van der Waals surface area contributed by atoms with E-state index >= 15 is 0 Å². The zero-order chi connectivity index (χ0) is 13.8. The minimum atomic E-state index is 0.429. The number of aromatic nitrogens is 3. The van der Waals surface area contributed by atoms with E-state index in [0.717, 1.165) is 35.1 Å². The van der Waals surface area contributed by atoms with Crippen LogP contribution >= 0.6 is 0 Å². The number of para-hydroxylation sites is 1. The largest absolute Gasteiger partial charge is 0.485 e. The Balaban J connectivity index is 2.17. The summed E-state index contributed by atoms with van der Waals surface area (Å²) in [5, 5.41) is 11.3. The summed E-state index contributed by atoms with van der Waals surface area (Å²) in [7, 11) is 3.87. The van der Waals surface area contributed by atoms with Crippen LogP contribution < -0.4 is 10.1 Å². The molecular weight excluding hydrogens is 240 g/mol. The van der Waals surface area contributed by atoms with Gasteiger partial charge in [0.2, 0.25) is 0 Å². The predicted molar refractivity (Wildman–Crippen MR) is 74.0 cm³/mol. The maximum Gasteiger partial charge on any atom is 0.170 e. The Bertz CT molecular complexity index is 563. The fraction of sp³-hybridized carbons (Fsp3) is 0.429. The lowest BCUT2D eigenvalue weighted by atomic mass is 10.1. The van der Waals surface area contributed by atoms with Crippen molar-refractivity contribution in [1.82, 2.24) is 20.1 Å². The minimum Gasteiger partial charge on any atom is -0.485 e. The van der Waals surface area contributed by atoms with E-state index in [1.165, 1.54) is 0 Å². The molecule has 2 rings (SSSR count). The Labute approximate surface area is 113 Å². The topological polar surface area (TPSA) is 52.0 Å². The summed E-state index contributed by atoms with van der Waals surface area (Å²) in [5.74, 6) is 2.65. The molecule has 0 fully saturated rings. The third kappa shape index (κ3) is 2.93. The van der Waals surface area contributed by atoms with E-state index in [2.05, 4.69) is 34.6 Å². The van der Waals surface area contributed by atoms with Crippen molar-refractivity contribution in [3.8, 4) is 5.75 Å². The molecule has 0 radical (unpaired) electrons. The number of aryl methyl sites for hydroxylation is 2. The molecule has 0 unspecified atom stereocenters. The highest BCUT2D eigenvalue weighted by atomic mass is 16.5. The average molecular weight is 260 g/mol. The van der Waals surface area contributed by atoms with Crippen LogP contribution in [0.5, 0.6) is 5.75 Å². The van der Waals surface area contributed by atoms with E-state index in [4.69, 9.17) is 4.74 Å². The van der Waals surface area contributed by atoms with Gasteiger partial charge in [-0.2, -0.15) is 0 Å². The van der Waals surface area contributed by atoms with E-state index < -0.39 is 0 Å². The van der Waals surface area contributed by atoms with Gasteiger partial charge in [0.15, 0.2) is 5.82 Å². The number of ether oxygens (including phenoxy) is 1. The zero-order valence-electron chi connectivity index (χ0n) is 11.9. The third-order valence-electron chi connectivity index (χ3n) is 3.19. The van der Waals surface area contributed by atoms with E-state index in [1.54, 1.807) is 0 Å². The van der Waals surface area contributed by atoms with Gasteiger partial charge in [0.05, 0.1) is 0 Å². The maximum atomic E-state index is 5.94. The third-order valence-corrected chi connectivity index (χ3v) is 3.19. The van der Waals surface area contributed by atoms with Crippen LogP contribution in [0.4, 0.5) is 0 Å². The molecule has 0 aliphatic heterocycles. The van der Waals surface area contributed by atoms with Crippen molar-refractivity contribution >= 4 is 0 Å². The van der Waals surface area contributed by atoms with E-state index in [0.29, 0.717) is 6.61 Å². The molecule has 5 heteroatoms. The molecular formula is C14H20N4O. The van der Waals surface area contributed by atoms with Crippen molar-refractivity contribution < 1.29 is 4.74 Å². The molecule has 0 aliphatic carbocycles. The van der Waals surface area contributed by atoms with Crippen LogP contribution in [0.2, 0.25) is 0 Å². The van der Waals surface area contributed by atoms with Gasteiger partial charge in [-0.3, -0.25) is 0 Å². The van der Waals surface area contributed by atoms with Crippen LogP contribution in [0, 0.1) is 13.8 Å². The SMILES string of the molecule is CNCc1cccc(C)c1OCc1nnc(C)n1C. The number of hydrogen-bond acceptors (Lipinski definition) is 4. The number of nitrogens with one attached hydrogen (secondary N) is 1. The van der Waals surface area contributed by atoms with Gasteiger partial charge >= 0.3 is 0 Å². The molecule has 5 nitrogen and oxygen atoms in total. The molecule has 2 aromatic rings. The smallest absolute Gasteiger partial charge is 0.170 e. The van der Waals surface area contributed by atoms with E-state index in [-0.39, 0.29) is 0 Å². The second-order valence-corrected chi connectivity index (χ2v) is 4.60. The Morgan fingerprint density at radius 2 is 2.05 bits per heavy atom. The van der Waals surface area contributed by atoms with Crippen LogP contribution in [0.3, 0.4) is 0 Å². The molecule has 1 aromatic heterocycles. The summed E-state index contributed by atoms with van der Waals surface area (Å²) in [6.45, 7) is 5.20. The van der Waals surface area contributed by atoms with E-state index in [9.17, 15) is 0 Å². The van der Waals surface area contributed by atoms with Crippen LogP contribution in [0.15, 0.2) is 18.2 Å². The molecule has 0 amide bonds. The molecule has 102 valence electrons. The van der Waals surface area contributed by atoms with Gasteiger partial charge in [-0.05, 0) is 26.5 Å². The van der Waals surface area contributed by atoms with Crippen molar-refractivity contribution in [1.29, 1.82) is 0 Å². The van der Waals surface area contributed by atoms with Crippen molar-refractivity contribution in [2.45, 2.75) is 27.0 Å². The van der Waals surface area contributed by atoms with Crippen molar-refractivity contribution in [3.63, 3.8) is 0 Å². The molecule has 19 heavy (non-hydrogen) atoms. The zero-order valence-corrected chi connectivity index (χ0v) is 11.9. The quantitative estimate of drug-likeness (QED) is 0.889. The second-order valence-electron chi connectivity index (χ2n) is 4.60. The summed E-state index contributed by atoms with van der Waals surface area (Å²) in [6.07, 6.45) is 0. The standard InChI is InChI=1S/C14H20N4O/c1-10-6-5-7-12(8-15-3)14(10)19-9-13-17-16-11(2)18(13)4/h5-7,15H,8-9H2,1-4H3. The molecule has 1 aromatic carbocycles. The lowest BCUT2D eigenvalue weighted by Gasteiger charge is -2.13. The van der Waals surface area contributed by atoms with Crippen LogP contribution in [0.25, 0.3) is 0 Å². The van der Waals surface area contributed by atoms with Gasteiger partial charge in [0, 0.05) is 19.2 Å². The molecule has 1 N–H and O–H groups in total.